The van der Waals surface area contributed by atoms with Crippen LogP contribution >= 0.6 is 0 Å². The summed E-state index contributed by atoms with van der Waals surface area (Å²) in [5.74, 6) is 0.205. The van der Waals surface area contributed by atoms with E-state index in [4.69, 9.17) is 0 Å². The maximum absolute atomic E-state index is 12.1. The van der Waals surface area contributed by atoms with Crippen LogP contribution in [0.3, 0.4) is 0 Å². The lowest BCUT2D eigenvalue weighted by atomic mass is 9.84. The number of likely N-dealkylation sites (tertiary alicyclic amines) is 1. The Morgan fingerprint density at radius 1 is 0.952 bits per heavy atom. The van der Waals surface area contributed by atoms with Gasteiger partial charge < -0.3 is 14.7 Å². The van der Waals surface area contributed by atoms with Crippen LogP contribution in [0.4, 0.5) is 0 Å². The standard InChI is InChI=1S/C15H23N3O3/c19-13(16-6-1-2-7-16)10-17-8-9-18(11-14(17)20)15(21)12-4-3-5-12/h12H,1-11H2. The normalized spacial score (nSPS) is 23.4. The zero-order valence-electron chi connectivity index (χ0n) is 12.4. The van der Waals surface area contributed by atoms with Gasteiger partial charge in [-0.25, -0.2) is 0 Å². The highest BCUT2D eigenvalue weighted by molar-refractivity contribution is 5.90. The summed E-state index contributed by atoms with van der Waals surface area (Å²) in [6, 6.07) is 0. The lowest BCUT2D eigenvalue weighted by molar-refractivity contribution is -0.151. The second-order valence-corrected chi connectivity index (χ2v) is 6.29. The summed E-state index contributed by atoms with van der Waals surface area (Å²) < 4.78 is 0. The molecule has 6 nitrogen and oxygen atoms in total. The lowest BCUT2D eigenvalue weighted by Gasteiger charge is -2.37. The molecule has 3 amide bonds. The van der Waals surface area contributed by atoms with Gasteiger partial charge in [0.25, 0.3) is 0 Å². The first-order chi connectivity index (χ1) is 10.1. The van der Waals surface area contributed by atoms with E-state index >= 15 is 0 Å². The summed E-state index contributed by atoms with van der Waals surface area (Å²) in [4.78, 5) is 41.5. The number of hydrogen-bond acceptors (Lipinski definition) is 3. The first-order valence-electron chi connectivity index (χ1n) is 7.99. The molecule has 2 saturated heterocycles. The zero-order chi connectivity index (χ0) is 14.8. The molecule has 3 fully saturated rings. The van der Waals surface area contributed by atoms with Gasteiger partial charge in [0.2, 0.25) is 17.7 Å². The average molecular weight is 293 g/mol. The summed E-state index contributed by atoms with van der Waals surface area (Å²) in [6.45, 7) is 2.98. The highest BCUT2D eigenvalue weighted by atomic mass is 16.2. The molecular weight excluding hydrogens is 270 g/mol. The highest BCUT2D eigenvalue weighted by Gasteiger charge is 2.34. The van der Waals surface area contributed by atoms with Gasteiger partial charge in [-0.15, -0.1) is 0 Å². The van der Waals surface area contributed by atoms with Gasteiger partial charge in [0, 0.05) is 32.1 Å². The van der Waals surface area contributed by atoms with E-state index in [9.17, 15) is 14.4 Å². The Kier molecular flexibility index (Phi) is 4.12. The number of rotatable bonds is 3. The molecule has 0 radical (unpaired) electrons. The molecule has 0 aromatic heterocycles. The van der Waals surface area contributed by atoms with Crippen molar-refractivity contribution in [3.63, 3.8) is 0 Å². The van der Waals surface area contributed by atoms with Crippen molar-refractivity contribution in [3.8, 4) is 0 Å². The van der Waals surface area contributed by atoms with Gasteiger partial charge >= 0.3 is 0 Å². The third kappa shape index (κ3) is 3.04. The largest absolute Gasteiger partial charge is 0.341 e. The van der Waals surface area contributed by atoms with Gasteiger partial charge in [-0.3, -0.25) is 14.4 Å². The molecule has 21 heavy (non-hydrogen) atoms. The predicted octanol–water partition coefficient (Wildman–Crippen LogP) is 0.0797. The highest BCUT2D eigenvalue weighted by Crippen LogP contribution is 2.28. The lowest BCUT2D eigenvalue weighted by Crippen LogP contribution is -2.56. The maximum Gasteiger partial charge on any atom is 0.242 e. The van der Waals surface area contributed by atoms with Crippen LogP contribution in [0, 0.1) is 5.92 Å². The van der Waals surface area contributed by atoms with E-state index < -0.39 is 0 Å². The molecule has 0 aromatic carbocycles. The van der Waals surface area contributed by atoms with Gasteiger partial charge in [-0.1, -0.05) is 6.42 Å². The van der Waals surface area contributed by atoms with E-state index in [-0.39, 0.29) is 36.7 Å². The molecule has 0 N–H and O–H groups in total. The second-order valence-electron chi connectivity index (χ2n) is 6.29. The molecular formula is C15H23N3O3. The van der Waals surface area contributed by atoms with Crippen LogP contribution in [0.15, 0.2) is 0 Å². The van der Waals surface area contributed by atoms with E-state index in [1.54, 1.807) is 9.80 Å². The van der Waals surface area contributed by atoms with E-state index in [1.807, 2.05) is 4.90 Å². The van der Waals surface area contributed by atoms with Crippen molar-refractivity contribution in [1.82, 2.24) is 14.7 Å². The molecule has 3 rings (SSSR count). The van der Waals surface area contributed by atoms with E-state index in [1.165, 1.54) is 0 Å². The van der Waals surface area contributed by atoms with Gasteiger partial charge in [0.05, 0.1) is 13.1 Å². The minimum Gasteiger partial charge on any atom is -0.341 e. The summed E-state index contributed by atoms with van der Waals surface area (Å²) in [5, 5.41) is 0. The van der Waals surface area contributed by atoms with E-state index in [0.717, 1.165) is 45.2 Å². The minimum atomic E-state index is -0.0959. The zero-order valence-corrected chi connectivity index (χ0v) is 12.4. The topological polar surface area (TPSA) is 60.9 Å². The van der Waals surface area contributed by atoms with E-state index in [0.29, 0.717) is 13.1 Å². The SMILES string of the molecule is O=C(CN1CCN(C(=O)C2CCC2)CC1=O)N1CCCC1. The molecule has 2 heterocycles. The van der Waals surface area contributed by atoms with E-state index in [2.05, 4.69) is 0 Å². The molecule has 0 atom stereocenters. The molecule has 2 aliphatic heterocycles. The first-order valence-corrected chi connectivity index (χ1v) is 7.99. The summed E-state index contributed by atoms with van der Waals surface area (Å²) >= 11 is 0. The molecule has 0 spiro atoms. The quantitative estimate of drug-likeness (QED) is 0.740. The molecule has 1 aliphatic carbocycles. The maximum atomic E-state index is 12.1. The average Bonchev–Trinajstić information content (AvgIpc) is 2.93. The number of carbonyl (C=O) groups is 3. The van der Waals surface area contributed by atoms with Crippen molar-refractivity contribution in [2.75, 3.05) is 39.3 Å². The molecule has 0 bridgehead atoms. The fraction of sp³-hybridized carbons (Fsp3) is 0.800. The summed E-state index contributed by atoms with van der Waals surface area (Å²) in [6.07, 6.45) is 5.16. The fourth-order valence-electron chi connectivity index (χ4n) is 3.21. The molecule has 3 aliphatic rings. The van der Waals surface area contributed by atoms with Gasteiger partial charge in [0.1, 0.15) is 0 Å². The Morgan fingerprint density at radius 2 is 1.67 bits per heavy atom. The van der Waals surface area contributed by atoms with Crippen molar-refractivity contribution in [2.24, 2.45) is 5.92 Å². The first kappa shape index (κ1) is 14.4. The van der Waals surface area contributed by atoms with Crippen LogP contribution in [0.1, 0.15) is 32.1 Å². The number of piperazine rings is 1. The van der Waals surface area contributed by atoms with Crippen LogP contribution in [0.2, 0.25) is 0 Å². The number of carbonyl (C=O) groups excluding carboxylic acids is 3. The number of hydrogen-bond donors (Lipinski definition) is 0. The Morgan fingerprint density at radius 3 is 2.24 bits per heavy atom. The number of amides is 3. The van der Waals surface area contributed by atoms with Crippen molar-refractivity contribution >= 4 is 17.7 Å². The molecule has 0 aromatic rings. The van der Waals surface area contributed by atoms with Gasteiger partial charge in [-0.2, -0.15) is 0 Å². The minimum absolute atomic E-state index is 0.0413. The second kappa shape index (κ2) is 6.03. The van der Waals surface area contributed by atoms with Crippen LogP contribution < -0.4 is 0 Å². The Balaban J connectivity index is 1.49. The molecule has 1 saturated carbocycles. The predicted molar refractivity (Wildman–Crippen MR) is 76.3 cm³/mol. The van der Waals surface area contributed by atoms with Gasteiger partial charge in [-0.05, 0) is 25.7 Å². The van der Waals surface area contributed by atoms with Crippen molar-refractivity contribution in [2.45, 2.75) is 32.1 Å². The molecule has 116 valence electrons. The van der Waals surface area contributed by atoms with Crippen molar-refractivity contribution in [1.29, 1.82) is 0 Å². The molecule has 0 unspecified atom stereocenters. The smallest absolute Gasteiger partial charge is 0.242 e. The monoisotopic (exact) mass is 293 g/mol. The molecule has 6 heteroatoms. The summed E-state index contributed by atoms with van der Waals surface area (Å²) in [7, 11) is 0. The van der Waals surface area contributed by atoms with Crippen LogP contribution in [0.5, 0.6) is 0 Å². The van der Waals surface area contributed by atoms with Gasteiger partial charge in [0.15, 0.2) is 0 Å². The Bertz CT molecular complexity index is 441. The third-order valence-electron chi connectivity index (χ3n) is 4.87. The van der Waals surface area contributed by atoms with Crippen molar-refractivity contribution in [3.05, 3.63) is 0 Å². The van der Waals surface area contributed by atoms with Crippen LogP contribution in [0.25, 0.3) is 0 Å². The number of nitrogens with zero attached hydrogens (tertiary/aromatic N) is 3. The van der Waals surface area contributed by atoms with Crippen LogP contribution in [-0.4, -0.2) is 71.7 Å². The Labute approximate surface area is 125 Å². The van der Waals surface area contributed by atoms with Crippen LogP contribution in [-0.2, 0) is 14.4 Å². The summed E-state index contributed by atoms with van der Waals surface area (Å²) in [5.41, 5.74) is 0. The fourth-order valence-corrected chi connectivity index (χ4v) is 3.21. The third-order valence-corrected chi connectivity index (χ3v) is 4.87. The van der Waals surface area contributed by atoms with Crippen molar-refractivity contribution < 1.29 is 14.4 Å². The Hall–Kier alpha value is -1.59.